The fraction of sp³-hybridized carbons (Fsp3) is 0.471. The molecule has 0 unspecified atom stereocenters. The third-order valence-corrected chi connectivity index (χ3v) is 5.37. The molecule has 0 saturated carbocycles. The lowest BCUT2D eigenvalue weighted by molar-refractivity contribution is 0.0766. The van der Waals surface area contributed by atoms with E-state index in [9.17, 15) is 4.79 Å². The zero-order valence-corrected chi connectivity index (χ0v) is 14.7. The third kappa shape index (κ3) is 4.03. The molecule has 0 radical (unpaired) electrons. The number of amides is 1. The molecular formula is C17H23N5OS. The summed E-state index contributed by atoms with van der Waals surface area (Å²) < 4.78 is 0. The molecule has 24 heavy (non-hydrogen) atoms. The van der Waals surface area contributed by atoms with Crippen LogP contribution in [0.1, 0.15) is 40.9 Å². The Morgan fingerprint density at radius 1 is 1.33 bits per heavy atom. The van der Waals surface area contributed by atoms with Crippen LogP contribution in [0.2, 0.25) is 0 Å². The van der Waals surface area contributed by atoms with Crippen molar-refractivity contribution in [2.75, 3.05) is 24.1 Å². The highest BCUT2D eigenvalue weighted by Crippen LogP contribution is 2.20. The summed E-state index contributed by atoms with van der Waals surface area (Å²) in [7, 11) is 0. The number of carbonyl (C=O) groups excluding carboxylic acids is 1. The van der Waals surface area contributed by atoms with Crippen molar-refractivity contribution < 1.29 is 4.79 Å². The predicted octanol–water partition coefficient (Wildman–Crippen LogP) is 2.79. The number of aromatic nitrogens is 2. The van der Waals surface area contributed by atoms with Gasteiger partial charge in [0.15, 0.2) is 0 Å². The van der Waals surface area contributed by atoms with E-state index in [1.54, 1.807) is 18.5 Å². The van der Waals surface area contributed by atoms with Crippen molar-refractivity contribution in [3.8, 4) is 0 Å². The first-order chi connectivity index (χ1) is 11.7. The number of thiazole rings is 1. The molecule has 2 aromatic heterocycles. The minimum Gasteiger partial charge on any atom is -0.384 e. The highest BCUT2D eigenvalue weighted by atomic mass is 32.1. The van der Waals surface area contributed by atoms with Crippen LogP contribution >= 0.6 is 11.3 Å². The first-order valence-corrected chi connectivity index (χ1v) is 9.19. The number of hydrogen-bond acceptors (Lipinski definition) is 6. The number of carbonyl (C=O) groups is 1. The van der Waals surface area contributed by atoms with Crippen molar-refractivity contribution in [2.24, 2.45) is 0 Å². The fourth-order valence-electron chi connectivity index (χ4n) is 2.90. The Balaban J connectivity index is 1.58. The fourth-order valence-corrected chi connectivity index (χ4v) is 3.72. The molecule has 1 saturated heterocycles. The summed E-state index contributed by atoms with van der Waals surface area (Å²) in [5.41, 5.74) is 6.59. The van der Waals surface area contributed by atoms with Gasteiger partial charge in [-0.3, -0.25) is 4.79 Å². The third-order valence-electron chi connectivity index (χ3n) is 4.24. The average Bonchev–Trinajstić information content (AvgIpc) is 2.96. The number of nitrogens with one attached hydrogen (secondary N) is 1. The topological polar surface area (TPSA) is 84.1 Å². The normalized spacial score (nSPS) is 18.2. The van der Waals surface area contributed by atoms with Crippen LogP contribution in [0.4, 0.5) is 11.5 Å². The van der Waals surface area contributed by atoms with Crippen molar-refractivity contribution >= 4 is 28.7 Å². The highest BCUT2D eigenvalue weighted by Gasteiger charge is 2.23. The molecule has 1 aliphatic rings. The van der Waals surface area contributed by atoms with Gasteiger partial charge in [-0.1, -0.05) is 6.92 Å². The summed E-state index contributed by atoms with van der Waals surface area (Å²) in [6.07, 6.45) is 7.30. The van der Waals surface area contributed by atoms with Gasteiger partial charge in [-0.2, -0.15) is 0 Å². The molecule has 1 atom stereocenters. The second-order valence-corrected chi connectivity index (χ2v) is 7.12. The van der Waals surface area contributed by atoms with E-state index in [4.69, 9.17) is 5.73 Å². The molecular weight excluding hydrogens is 322 g/mol. The van der Waals surface area contributed by atoms with Crippen LogP contribution in [0.5, 0.6) is 0 Å². The van der Waals surface area contributed by atoms with Gasteiger partial charge in [0.05, 0.1) is 23.1 Å². The van der Waals surface area contributed by atoms with E-state index < -0.39 is 0 Å². The summed E-state index contributed by atoms with van der Waals surface area (Å²) in [6.45, 7) is 3.62. The molecule has 1 fully saturated rings. The second-order valence-electron chi connectivity index (χ2n) is 6.01. The Kier molecular flexibility index (Phi) is 5.30. The number of pyridine rings is 1. The number of nitrogens with two attached hydrogens (primary N) is 1. The van der Waals surface area contributed by atoms with Gasteiger partial charge in [-0.05, 0) is 37.8 Å². The number of likely N-dealkylation sites (tertiary alicyclic amines) is 1. The van der Waals surface area contributed by atoms with Crippen molar-refractivity contribution in [3.05, 3.63) is 34.4 Å². The van der Waals surface area contributed by atoms with Crippen LogP contribution in [0.3, 0.4) is 0 Å². The van der Waals surface area contributed by atoms with Gasteiger partial charge in [0.25, 0.3) is 5.91 Å². The van der Waals surface area contributed by atoms with Gasteiger partial charge in [0.2, 0.25) is 0 Å². The smallest absolute Gasteiger partial charge is 0.265 e. The molecule has 2 aromatic rings. The quantitative estimate of drug-likeness (QED) is 0.890. The van der Waals surface area contributed by atoms with Crippen molar-refractivity contribution in [1.29, 1.82) is 0 Å². The summed E-state index contributed by atoms with van der Waals surface area (Å²) in [5.74, 6) is 0.635. The van der Waals surface area contributed by atoms with Gasteiger partial charge in [0, 0.05) is 19.1 Å². The standard InChI is InChI=1S/C17H23N5OS/c1-2-16-20-11-14(24-16)17(23)22-8-3-4-12(7-9-22)21-13-5-6-15(18)19-10-13/h5-6,10-12,21H,2-4,7-9H2,1H3,(H2,18,19)/t12-/m1/s1. The summed E-state index contributed by atoms with van der Waals surface area (Å²) in [5, 5.41) is 4.51. The van der Waals surface area contributed by atoms with E-state index in [0.717, 1.165) is 54.3 Å². The first-order valence-electron chi connectivity index (χ1n) is 8.37. The number of nitrogens with zero attached hydrogens (tertiary/aromatic N) is 3. The van der Waals surface area contributed by atoms with E-state index in [-0.39, 0.29) is 5.91 Å². The largest absolute Gasteiger partial charge is 0.384 e. The Hall–Kier alpha value is -2.15. The Labute approximate surface area is 146 Å². The number of anilines is 2. The molecule has 0 aliphatic carbocycles. The maximum atomic E-state index is 12.6. The number of hydrogen-bond donors (Lipinski definition) is 2. The van der Waals surface area contributed by atoms with Crippen LogP contribution in [-0.2, 0) is 6.42 Å². The molecule has 0 aromatic carbocycles. The van der Waals surface area contributed by atoms with Gasteiger partial charge in [0.1, 0.15) is 10.7 Å². The maximum Gasteiger partial charge on any atom is 0.265 e. The number of rotatable bonds is 4. The van der Waals surface area contributed by atoms with E-state index in [2.05, 4.69) is 22.2 Å². The zero-order valence-electron chi connectivity index (χ0n) is 13.9. The molecule has 1 aliphatic heterocycles. The minimum atomic E-state index is 0.113. The highest BCUT2D eigenvalue weighted by molar-refractivity contribution is 7.13. The summed E-state index contributed by atoms with van der Waals surface area (Å²) in [6, 6.07) is 4.09. The molecule has 3 rings (SSSR count). The molecule has 128 valence electrons. The summed E-state index contributed by atoms with van der Waals surface area (Å²) >= 11 is 1.51. The Bertz CT molecular complexity index is 685. The van der Waals surface area contributed by atoms with Crippen molar-refractivity contribution in [3.63, 3.8) is 0 Å². The number of aryl methyl sites for hydroxylation is 1. The van der Waals surface area contributed by atoms with Crippen molar-refractivity contribution in [2.45, 2.75) is 38.6 Å². The Morgan fingerprint density at radius 3 is 2.92 bits per heavy atom. The van der Waals surface area contributed by atoms with Gasteiger partial charge in [-0.15, -0.1) is 11.3 Å². The monoisotopic (exact) mass is 345 g/mol. The lowest BCUT2D eigenvalue weighted by Gasteiger charge is -2.20. The molecule has 7 heteroatoms. The Morgan fingerprint density at radius 2 is 2.21 bits per heavy atom. The maximum absolute atomic E-state index is 12.6. The summed E-state index contributed by atoms with van der Waals surface area (Å²) in [4.78, 5) is 23.7. The molecule has 6 nitrogen and oxygen atoms in total. The minimum absolute atomic E-state index is 0.113. The molecule has 0 bridgehead atoms. The SMILES string of the molecule is CCc1ncc(C(=O)N2CCC[C@@H](Nc3ccc(N)nc3)CC2)s1. The van der Waals surface area contributed by atoms with E-state index in [1.165, 1.54) is 11.3 Å². The zero-order chi connectivity index (χ0) is 16.9. The van der Waals surface area contributed by atoms with Gasteiger partial charge in [-0.25, -0.2) is 9.97 Å². The molecule has 3 N–H and O–H groups in total. The lowest BCUT2D eigenvalue weighted by atomic mass is 10.1. The molecule has 1 amide bonds. The molecule has 3 heterocycles. The van der Waals surface area contributed by atoms with E-state index in [1.807, 2.05) is 11.0 Å². The van der Waals surface area contributed by atoms with Crippen LogP contribution in [0, 0.1) is 0 Å². The average molecular weight is 345 g/mol. The number of nitrogen functional groups attached to an aromatic ring is 1. The molecule has 0 spiro atoms. The van der Waals surface area contributed by atoms with Gasteiger partial charge < -0.3 is 16.0 Å². The van der Waals surface area contributed by atoms with Gasteiger partial charge >= 0.3 is 0 Å². The van der Waals surface area contributed by atoms with Crippen LogP contribution in [0.15, 0.2) is 24.5 Å². The van der Waals surface area contributed by atoms with Crippen LogP contribution in [-0.4, -0.2) is 39.9 Å². The van der Waals surface area contributed by atoms with Crippen molar-refractivity contribution in [1.82, 2.24) is 14.9 Å². The predicted molar refractivity (Wildman–Crippen MR) is 97.3 cm³/mol. The second kappa shape index (κ2) is 7.61. The van der Waals surface area contributed by atoms with Crippen LogP contribution in [0.25, 0.3) is 0 Å². The first kappa shape index (κ1) is 16.7. The van der Waals surface area contributed by atoms with E-state index in [0.29, 0.717) is 11.9 Å². The van der Waals surface area contributed by atoms with E-state index >= 15 is 0 Å². The van der Waals surface area contributed by atoms with Crippen LogP contribution < -0.4 is 11.1 Å². The lowest BCUT2D eigenvalue weighted by Crippen LogP contribution is -2.32.